The Morgan fingerprint density at radius 3 is 2.50 bits per heavy atom. The number of benzene rings is 1. The Bertz CT molecular complexity index is 1130. The van der Waals surface area contributed by atoms with Gasteiger partial charge in [-0.2, -0.15) is 13.2 Å². The van der Waals surface area contributed by atoms with Crippen LogP contribution in [0.3, 0.4) is 0 Å². The van der Waals surface area contributed by atoms with Gasteiger partial charge < -0.3 is 4.90 Å². The smallest absolute Gasteiger partial charge is 0.348 e. The molecule has 0 bridgehead atoms. The van der Waals surface area contributed by atoms with Crippen molar-refractivity contribution >= 4 is 16.5 Å². The molecule has 0 spiro atoms. The lowest BCUT2D eigenvalue weighted by Crippen LogP contribution is -2.32. The summed E-state index contributed by atoms with van der Waals surface area (Å²) in [5, 5.41) is 0.863. The molecule has 3 heterocycles. The lowest BCUT2D eigenvalue weighted by Gasteiger charge is -2.29. The number of aromatic nitrogens is 3. The molecule has 0 unspecified atom stereocenters. The van der Waals surface area contributed by atoms with Crippen molar-refractivity contribution in [1.29, 1.82) is 0 Å². The van der Waals surface area contributed by atoms with Gasteiger partial charge in [0.05, 0.1) is 21.8 Å². The highest BCUT2D eigenvalue weighted by molar-refractivity contribution is 7.19. The molecule has 3 aromatic rings. The zero-order valence-electron chi connectivity index (χ0n) is 19.3. The number of hydrogen-bond acceptors (Lipinski definition) is 5. The van der Waals surface area contributed by atoms with Crippen LogP contribution in [0, 0.1) is 5.92 Å². The van der Waals surface area contributed by atoms with E-state index in [2.05, 4.69) is 21.8 Å². The van der Waals surface area contributed by atoms with E-state index in [-0.39, 0.29) is 0 Å². The van der Waals surface area contributed by atoms with Gasteiger partial charge in [0.1, 0.15) is 6.33 Å². The van der Waals surface area contributed by atoms with E-state index in [0.29, 0.717) is 23.1 Å². The number of anilines is 1. The second-order valence-electron chi connectivity index (χ2n) is 9.58. The summed E-state index contributed by atoms with van der Waals surface area (Å²) in [5.74, 6) is 1.05. The molecule has 1 saturated heterocycles. The molecule has 1 aliphatic heterocycles. The van der Waals surface area contributed by atoms with Crippen molar-refractivity contribution in [1.82, 2.24) is 15.0 Å². The summed E-state index contributed by atoms with van der Waals surface area (Å²) in [6, 6.07) is 5.51. The van der Waals surface area contributed by atoms with Gasteiger partial charge >= 0.3 is 6.18 Å². The third-order valence-corrected chi connectivity index (χ3v) is 8.26. The van der Waals surface area contributed by atoms with E-state index in [0.717, 1.165) is 66.1 Å². The summed E-state index contributed by atoms with van der Waals surface area (Å²) in [4.78, 5) is 17.0. The van der Waals surface area contributed by atoms with E-state index in [1.807, 2.05) is 6.20 Å². The molecule has 0 N–H and O–H groups in total. The molecule has 1 aromatic carbocycles. The number of piperidine rings is 1. The van der Waals surface area contributed by atoms with Crippen LogP contribution in [-0.2, 0) is 6.18 Å². The van der Waals surface area contributed by atoms with Crippen LogP contribution in [0.15, 0.2) is 36.8 Å². The summed E-state index contributed by atoms with van der Waals surface area (Å²) >= 11 is 1.55. The van der Waals surface area contributed by atoms with Crippen molar-refractivity contribution in [2.75, 3.05) is 18.0 Å². The van der Waals surface area contributed by atoms with Crippen molar-refractivity contribution < 1.29 is 13.2 Å². The number of nitrogens with zero attached hydrogens (tertiary/aromatic N) is 4. The number of thiazole rings is 1. The van der Waals surface area contributed by atoms with Crippen LogP contribution >= 0.6 is 11.3 Å². The maximum Gasteiger partial charge on any atom is 0.416 e. The van der Waals surface area contributed by atoms with Gasteiger partial charge in [0.25, 0.3) is 0 Å². The van der Waals surface area contributed by atoms with Crippen LogP contribution in [0.2, 0.25) is 0 Å². The van der Waals surface area contributed by atoms with Crippen LogP contribution in [0.25, 0.3) is 21.8 Å². The van der Waals surface area contributed by atoms with Crippen molar-refractivity contribution in [3.05, 3.63) is 47.9 Å². The first-order valence-corrected chi connectivity index (χ1v) is 13.0. The van der Waals surface area contributed by atoms with Gasteiger partial charge in [0.15, 0.2) is 5.13 Å². The quantitative estimate of drug-likeness (QED) is 0.381. The van der Waals surface area contributed by atoms with E-state index < -0.39 is 11.7 Å². The monoisotopic (exact) mass is 486 g/mol. The Morgan fingerprint density at radius 2 is 1.76 bits per heavy atom. The SMILES string of the molecule is CC1CCN(c2nc(-c3cccc(C(F)(F)F)c3)c(-c3ncncc3C3CCCCC3)s2)CC1. The van der Waals surface area contributed by atoms with Crippen LogP contribution in [0.5, 0.6) is 0 Å². The second-order valence-corrected chi connectivity index (χ2v) is 10.6. The van der Waals surface area contributed by atoms with Gasteiger partial charge in [-0.1, -0.05) is 49.7 Å². The van der Waals surface area contributed by atoms with E-state index in [1.54, 1.807) is 23.7 Å². The van der Waals surface area contributed by atoms with E-state index in [1.165, 1.54) is 31.4 Å². The minimum absolute atomic E-state index is 0.376. The molecule has 1 aliphatic carbocycles. The first-order chi connectivity index (χ1) is 16.4. The first-order valence-electron chi connectivity index (χ1n) is 12.1. The fourth-order valence-electron chi connectivity index (χ4n) is 5.09. The number of hydrogen-bond donors (Lipinski definition) is 0. The highest BCUT2D eigenvalue weighted by atomic mass is 32.1. The topological polar surface area (TPSA) is 41.9 Å². The number of halogens is 3. The Morgan fingerprint density at radius 1 is 1.00 bits per heavy atom. The summed E-state index contributed by atoms with van der Waals surface area (Å²) in [7, 11) is 0. The minimum atomic E-state index is -4.40. The zero-order valence-corrected chi connectivity index (χ0v) is 20.1. The van der Waals surface area contributed by atoms with Gasteiger partial charge in [-0.15, -0.1) is 0 Å². The number of alkyl halides is 3. The summed E-state index contributed by atoms with van der Waals surface area (Å²) in [5.41, 5.74) is 2.32. The van der Waals surface area contributed by atoms with Crippen molar-refractivity contribution in [2.24, 2.45) is 5.92 Å². The standard InChI is InChI=1S/C26H29F3N4S/c1-17-10-12-33(13-11-17)25-32-22(19-8-5-9-20(14-19)26(27,28)29)24(34-25)23-21(15-30-16-31-23)18-6-3-2-4-7-18/h5,8-9,14-18H,2-4,6-7,10-13H2,1H3. The van der Waals surface area contributed by atoms with Crippen LogP contribution in [0.4, 0.5) is 18.3 Å². The fraction of sp³-hybridized carbons (Fsp3) is 0.500. The van der Waals surface area contributed by atoms with Crippen molar-refractivity contribution in [2.45, 2.75) is 64.0 Å². The molecule has 4 nitrogen and oxygen atoms in total. The van der Waals surface area contributed by atoms with E-state index in [9.17, 15) is 13.2 Å². The van der Waals surface area contributed by atoms with E-state index in [4.69, 9.17) is 4.98 Å². The molecule has 0 radical (unpaired) electrons. The Hall–Kier alpha value is -2.48. The molecule has 0 atom stereocenters. The molecule has 34 heavy (non-hydrogen) atoms. The van der Waals surface area contributed by atoms with E-state index >= 15 is 0 Å². The third-order valence-electron chi connectivity index (χ3n) is 7.13. The molecule has 2 aromatic heterocycles. The molecule has 8 heteroatoms. The molecule has 1 saturated carbocycles. The highest BCUT2D eigenvalue weighted by Gasteiger charge is 2.32. The molecule has 2 aliphatic rings. The lowest BCUT2D eigenvalue weighted by atomic mass is 9.83. The predicted molar refractivity (Wildman–Crippen MR) is 130 cm³/mol. The third kappa shape index (κ3) is 4.83. The highest BCUT2D eigenvalue weighted by Crippen LogP contribution is 2.45. The average Bonchev–Trinajstić information content (AvgIpc) is 3.30. The second kappa shape index (κ2) is 9.64. The van der Waals surface area contributed by atoms with Crippen molar-refractivity contribution in [3.63, 3.8) is 0 Å². The van der Waals surface area contributed by atoms with Crippen LogP contribution < -0.4 is 4.90 Å². The summed E-state index contributed by atoms with van der Waals surface area (Å²) < 4.78 is 40.5. The van der Waals surface area contributed by atoms with Gasteiger partial charge in [-0.05, 0) is 49.7 Å². The zero-order chi connectivity index (χ0) is 23.7. The number of rotatable bonds is 4. The molecular weight excluding hydrogens is 457 g/mol. The molecule has 5 rings (SSSR count). The predicted octanol–water partition coefficient (Wildman–Crippen LogP) is 7.57. The molecular formula is C26H29F3N4S. The summed E-state index contributed by atoms with van der Waals surface area (Å²) in [6.07, 6.45) is 7.01. The van der Waals surface area contributed by atoms with Gasteiger partial charge in [-0.25, -0.2) is 15.0 Å². The normalized spacial score (nSPS) is 18.4. The van der Waals surface area contributed by atoms with Gasteiger partial charge in [0, 0.05) is 30.4 Å². The Kier molecular flexibility index (Phi) is 6.60. The summed E-state index contributed by atoms with van der Waals surface area (Å²) in [6.45, 7) is 4.08. The van der Waals surface area contributed by atoms with Crippen LogP contribution in [-0.4, -0.2) is 28.0 Å². The first kappa shape index (κ1) is 23.3. The fourth-order valence-corrected chi connectivity index (χ4v) is 6.24. The maximum absolute atomic E-state index is 13.5. The van der Waals surface area contributed by atoms with Crippen LogP contribution in [0.1, 0.15) is 68.9 Å². The Labute approximate surface area is 202 Å². The molecule has 2 fully saturated rings. The van der Waals surface area contributed by atoms with Crippen molar-refractivity contribution in [3.8, 4) is 21.8 Å². The van der Waals surface area contributed by atoms with Gasteiger partial charge in [-0.3, -0.25) is 0 Å². The molecule has 0 amide bonds. The minimum Gasteiger partial charge on any atom is -0.348 e. The largest absolute Gasteiger partial charge is 0.416 e. The Balaban J connectivity index is 1.62. The average molecular weight is 487 g/mol. The maximum atomic E-state index is 13.5. The lowest BCUT2D eigenvalue weighted by molar-refractivity contribution is -0.137. The molecule has 180 valence electrons. The van der Waals surface area contributed by atoms with Gasteiger partial charge in [0.2, 0.25) is 0 Å².